The summed E-state index contributed by atoms with van der Waals surface area (Å²) in [4.78, 5) is 15.1. The fourth-order valence-electron chi connectivity index (χ4n) is 4.20. The normalized spacial score (nSPS) is 27.7. The molecule has 2 N–H and O–H groups in total. The molecule has 4 atom stereocenters. The van der Waals surface area contributed by atoms with Gasteiger partial charge in [-0.05, 0) is 48.3 Å². The lowest BCUT2D eigenvalue weighted by Crippen LogP contribution is -2.37. The van der Waals surface area contributed by atoms with E-state index in [9.17, 15) is 4.79 Å². The van der Waals surface area contributed by atoms with Gasteiger partial charge in [0.2, 0.25) is 5.91 Å². The number of benzene rings is 1. The van der Waals surface area contributed by atoms with Crippen LogP contribution in [0.2, 0.25) is 5.02 Å². The molecular formula is C18H26Cl2N2O. The number of nitrogens with two attached hydrogens (primary N) is 1. The molecule has 1 aliphatic carbocycles. The van der Waals surface area contributed by atoms with E-state index in [-0.39, 0.29) is 36.2 Å². The average molecular weight is 357 g/mol. The van der Waals surface area contributed by atoms with Crippen LogP contribution < -0.4 is 5.73 Å². The zero-order chi connectivity index (χ0) is 15.9. The van der Waals surface area contributed by atoms with Crippen LogP contribution in [0.5, 0.6) is 0 Å². The summed E-state index contributed by atoms with van der Waals surface area (Å²) in [6.07, 6.45) is 2.28. The summed E-state index contributed by atoms with van der Waals surface area (Å²) >= 11 is 6.11. The molecule has 1 aliphatic heterocycles. The van der Waals surface area contributed by atoms with E-state index in [0.717, 1.165) is 25.1 Å². The number of fused-ring (bicyclic) bond motifs is 1. The molecular weight excluding hydrogens is 331 g/mol. The Bertz CT molecular complexity index is 564. The second-order valence-corrected chi connectivity index (χ2v) is 7.62. The number of halogens is 2. The topological polar surface area (TPSA) is 46.3 Å². The van der Waals surface area contributed by atoms with E-state index in [1.54, 1.807) is 0 Å². The van der Waals surface area contributed by atoms with Crippen LogP contribution in [0.1, 0.15) is 38.2 Å². The van der Waals surface area contributed by atoms with Crippen molar-refractivity contribution in [3.8, 4) is 0 Å². The van der Waals surface area contributed by atoms with Crippen LogP contribution in [0.4, 0.5) is 0 Å². The number of amides is 1. The Morgan fingerprint density at radius 2 is 2.04 bits per heavy atom. The summed E-state index contributed by atoms with van der Waals surface area (Å²) in [6, 6.07) is 7.98. The number of rotatable bonds is 3. The Morgan fingerprint density at radius 1 is 1.30 bits per heavy atom. The summed E-state index contributed by atoms with van der Waals surface area (Å²) in [6.45, 7) is 5.91. The third-order valence-corrected chi connectivity index (χ3v) is 5.60. The Labute approximate surface area is 150 Å². The standard InChI is InChI=1S/C18H25ClN2O.ClH/c1-11(2)17(12-4-3-5-14(19)8-12)18(22)21-9-13-6-7-16(20)15(13)10-21;/h3-5,8,11,13,15-17H,6-7,9-10,20H2,1-2H3;1H. The molecule has 5 heteroatoms. The molecule has 1 saturated carbocycles. The number of carbonyl (C=O) groups is 1. The lowest BCUT2D eigenvalue weighted by Gasteiger charge is -2.27. The lowest BCUT2D eigenvalue weighted by molar-refractivity contribution is -0.133. The first-order chi connectivity index (χ1) is 10.5. The Balaban J connectivity index is 0.00000192. The Morgan fingerprint density at radius 3 is 2.65 bits per heavy atom. The molecule has 3 nitrogen and oxygen atoms in total. The van der Waals surface area contributed by atoms with Crippen molar-refractivity contribution in [1.29, 1.82) is 0 Å². The van der Waals surface area contributed by atoms with Gasteiger partial charge in [-0.1, -0.05) is 37.6 Å². The van der Waals surface area contributed by atoms with Crippen molar-refractivity contribution in [3.63, 3.8) is 0 Å². The maximum atomic E-state index is 13.1. The quantitative estimate of drug-likeness (QED) is 0.897. The SMILES string of the molecule is CC(C)C(C(=O)N1CC2CCC(N)C2C1)c1cccc(Cl)c1.Cl. The largest absolute Gasteiger partial charge is 0.342 e. The van der Waals surface area contributed by atoms with Crippen molar-refractivity contribution in [2.45, 2.75) is 38.6 Å². The summed E-state index contributed by atoms with van der Waals surface area (Å²) < 4.78 is 0. The molecule has 1 heterocycles. The van der Waals surface area contributed by atoms with E-state index in [4.69, 9.17) is 17.3 Å². The van der Waals surface area contributed by atoms with Gasteiger partial charge < -0.3 is 10.6 Å². The van der Waals surface area contributed by atoms with E-state index in [1.807, 2.05) is 29.2 Å². The number of nitrogens with zero attached hydrogens (tertiary/aromatic N) is 1. The van der Waals surface area contributed by atoms with E-state index in [2.05, 4.69) is 13.8 Å². The highest BCUT2D eigenvalue weighted by Crippen LogP contribution is 2.39. The summed E-state index contributed by atoms with van der Waals surface area (Å²) in [5.41, 5.74) is 7.22. The van der Waals surface area contributed by atoms with E-state index < -0.39 is 0 Å². The van der Waals surface area contributed by atoms with Crippen molar-refractivity contribution < 1.29 is 4.79 Å². The molecule has 0 aromatic heterocycles. The maximum Gasteiger partial charge on any atom is 0.230 e. The van der Waals surface area contributed by atoms with Crippen LogP contribution in [-0.2, 0) is 4.79 Å². The summed E-state index contributed by atoms with van der Waals surface area (Å²) in [5.74, 6) is 1.47. The predicted octanol–water partition coefficient (Wildman–Crippen LogP) is 3.70. The molecule has 0 radical (unpaired) electrons. The number of carbonyl (C=O) groups excluding carboxylic acids is 1. The first-order valence-electron chi connectivity index (χ1n) is 8.27. The molecule has 2 fully saturated rings. The molecule has 23 heavy (non-hydrogen) atoms. The molecule has 4 unspecified atom stereocenters. The molecule has 1 saturated heterocycles. The molecule has 2 aliphatic rings. The van der Waals surface area contributed by atoms with Crippen molar-refractivity contribution in [1.82, 2.24) is 4.90 Å². The average Bonchev–Trinajstić information content (AvgIpc) is 3.01. The highest BCUT2D eigenvalue weighted by atomic mass is 35.5. The second-order valence-electron chi connectivity index (χ2n) is 7.19. The maximum absolute atomic E-state index is 13.1. The first-order valence-corrected chi connectivity index (χ1v) is 8.65. The minimum atomic E-state index is -0.117. The van der Waals surface area contributed by atoms with Crippen LogP contribution >= 0.6 is 24.0 Å². The van der Waals surface area contributed by atoms with Crippen LogP contribution in [0, 0.1) is 17.8 Å². The van der Waals surface area contributed by atoms with E-state index in [1.165, 1.54) is 6.42 Å². The van der Waals surface area contributed by atoms with Gasteiger partial charge >= 0.3 is 0 Å². The third-order valence-electron chi connectivity index (χ3n) is 5.36. The van der Waals surface area contributed by atoms with Gasteiger partial charge in [0.1, 0.15) is 0 Å². The monoisotopic (exact) mass is 356 g/mol. The van der Waals surface area contributed by atoms with Gasteiger partial charge in [-0.25, -0.2) is 0 Å². The van der Waals surface area contributed by atoms with Crippen molar-refractivity contribution in [3.05, 3.63) is 34.9 Å². The minimum Gasteiger partial charge on any atom is -0.342 e. The third kappa shape index (κ3) is 3.67. The van der Waals surface area contributed by atoms with Gasteiger partial charge in [0.05, 0.1) is 5.92 Å². The van der Waals surface area contributed by atoms with Gasteiger partial charge in [-0.15, -0.1) is 12.4 Å². The fourth-order valence-corrected chi connectivity index (χ4v) is 4.40. The smallest absolute Gasteiger partial charge is 0.230 e. The number of likely N-dealkylation sites (tertiary alicyclic amines) is 1. The highest BCUT2D eigenvalue weighted by Gasteiger charge is 2.44. The van der Waals surface area contributed by atoms with Crippen molar-refractivity contribution in [2.75, 3.05) is 13.1 Å². The van der Waals surface area contributed by atoms with Crippen LogP contribution in [0.3, 0.4) is 0 Å². The number of hydrogen-bond donors (Lipinski definition) is 1. The molecule has 0 bridgehead atoms. The zero-order valence-corrected chi connectivity index (χ0v) is 15.3. The second kappa shape index (κ2) is 7.42. The highest BCUT2D eigenvalue weighted by molar-refractivity contribution is 6.30. The van der Waals surface area contributed by atoms with Gasteiger partial charge in [0.15, 0.2) is 0 Å². The molecule has 1 aromatic carbocycles. The van der Waals surface area contributed by atoms with Gasteiger partial charge in [-0.3, -0.25) is 4.79 Å². The Kier molecular flexibility index (Phi) is 5.99. The van der Waals surface area contributed by atoms with Gasteiger partial charge in [-0.2, -0.15) is 0 Å². The summed E-state index contributed by atoms with van der Waals surface area (Å²) in [7, 11) is 0. The van der Waals surface area contributed by atoms with Crippen LogP contribution in [-0.4, -0.2) is 29.9 Å². The lowest BCUT2D eigenvalue weighted by atomic mass is 9.87. The van der Waals surface area contributed by atoms with Crippen LogP contribution in [0.25, 0.3) is 0 Å². The zero-order valence-electron chi connectivity index (χ0n) is 13.7. The Hall–Kier alpha value is -0.770. The molecule has 3 rings (SSSR count). The van der Waals surface area contributed by atoms with Crippen molar-refractivity contribution >= 4 is 29.9 Å². The van der Waals surface area contributed by atoms with Gasteiger partial charge in [0, 0.05) is 24.2 Å². The first kappa shape index (κ1) is 18.6. The molecule has 1 aromatic rings. The van der Waals surface area contributed by atoms with E-state index >= 15 is 0 Å². The van der Waals surface area contributed by atoms with E-state index in [0.29, 0.717) is 16.9 Å². The van der Waals surface area contributed by atoms with Crippen LogP contribution in [0.15, 0.2) is 24.3 Å². The van der Waals surface area contributed by atoms with Gasteiger partial charge in [0.25, 0.3) is 0 Å². The number of hydrogen-bond acceptors (Lipinski definition) is 2. The minimum absolute atomic E-state index is 0. The van der Waals surface area contributed by atoms with Crippen molar-refractivity contribution in [2.24, 2.45) is 23.5 Å². The fraction of sp³-hybridized carbons (Fsp3) is 0.611. The summed E-state index contributed by atoms with van der Waals surface area (Å²) in [5, 5.41) is 0.691. The molecule has 1 amide bonds. The molecule has 0 spiro atoms. The predicted molar refractivity (Wildman–Crippen MR) is 97.0 cm³/mol. The molecule has 128 valence electrons.